The first kappa shape index (κ1) is 19.8. The highest BCUT2D eigenvalue weighted by molar-refractivity contribution is 5.94. The molecule has 0 unspecified atom stereocenters. The third-order valence-corrected chi connectivity index (χ3v) is 5.65. The summed E-state index contributed by atoms with van der Waals surface area (Å²) in [4.78, 5) is 20.7. The van der Waals surface area contributed by atoms with Gasteiger partial charge in [-0.3, -0.25) is 9.48 Å². The Morgan fingerprint density at radius 1 is 1.41 bits per heavy atom. The lowest BCUT2D eigenvalue weighted by molar-refractivity contribution is 0.0696. The Balaban J connectivity index is 1.31. The summed E-state index contributed by atoms with van der Waals surface area (Å²) in [6.07, 6.45) is 6.62. The SMILES string of the molecule is CN(CCC[C@H]1CCCO1)Cc1cc2n(n1)CCN(C(=O)c1ncccc1O)C2. The summed E-state index contributed by atoms with van der Waals surface area (Å²) in [7, 11) is 2.12. The molecule has 4 heterocycles. The molecule has 156 valence electrons. The van der Waals surface area contributed by atoms with Gasteiger partial charge in [-0.25, -0.2) is 4.98 Å². The smallest absolute Gasteiger partial charge is 0.276 e. The van der Waals surface area contributed by atoms with E-state index >= 15 is 0 Å². The molecule has 4 rings (SSSR count). The summed E-state index contributed by atoms with van der Waals surface area (Å²) in [5, 5.41) is 14.6. The molecule has 0 spiro atoms. The highest BCUT2D eigenvalue weighted by Crippen LogP contribution is 2.21. The molecule has 1 N–H and O–H groups in total. The van der Waals surface area contributed by atoms with Gasteiger partial charge >= 0.3 is 0 Å². The number of ether oxygens (including phenoxy) is 1. The molecule has 8 nitrogen and oxygen atoms in total. The number of carbonyl (C=O) groups is 1. The van der Waals surface area contributed by atoms with Crippen LogP contribution in [-0.2, 0) is 24.4 Å². The predicted molar refractivity (Wildman–Crippen MR) is 107 cm³/mol. The van der Waals surface area contributed by atoms with Crippen LogP contribution in [0.1, 0.15) is 47.6 Å². The van der Waals surface area contributed by atoms with E-state index in [0.29, 0.717) is 25.7 Å². The molecule has 1 amide bonds. The van der Waals surface area contributed by atoms with Gasteiger partial charge in [0.15, 0.2) is 5.69 Å². The second kappa shape index (κ2) is 8.92. The molecule has 29 heavy (non-hydrogen) atoms. The van der Waals surface area contributed by atoms with Crippen LogP contribution < -0.4 is 0 Å². The van der Waals surface area contributed by atoms with Crippen LogP contribution in [0.5, 0.6) is 5.75 Å². The zero-order valence-electron chi connectivity index (χ0n) is 17.0. The van der Waals surface area contributed by atoms with Crippen molar-refractivity contribution >= 4 is 5.91 Å². The Kier molecular flexibility index (Phi) is 6.10. The first-order valence-electron chi connectivity index (χ1n) is 10.4. The van der Waals surface area contributed by atoms with Crippen molar-refractivity contribution in [3.8, 4) is 5.75 Å². The summed E-state index contributed by atoms with van der Waals surface area (Å²) >= 11 is 0. The van der Waals surface area contributed by atoms with Gasteiger partial charge in [-0.05, 0) is 57.5 Å². The maximum atomic E-state index is 12.7. The van der Waals surface area contributed by atoms with Crippen LogP contribution >= 0.6 is 0 Å². The lowest BCUT2D eigenvalue weighted by atomic mass is 10.1. The first-order chi connectivity index (χ1) is 14.1. The van der Waals surface area contributed by atoms with Gasteiger partial charge in [0, 0.05) is 25.9 Å². The number of aromatic hydroxyl groups is 1. The number of fused-ring (bicyclic) bond motifs is 1. The Labute approximate surface area is 171 Å². The third kappa shape index (κ3) is 4.76. The summed E-state index contributed by atoms with van der Waals surface area (Å²) < 4.78 is 7.67. The number of hydrogen-bond donors (Lipinski definition) is 1. The molecule has 8 heteroatoms. The number of hydrogen-bond acceptors (Lipinski definition) is 6. The van der Waals surface area contributed by atoms with Crippen LogP contribution in [-0.4, -0.2) is 68.4 Å². The van der Waals surface area contributed by atoms with E-state index in [2.05, 4.69) is 23.0 Å². The normalized spacial score (nSPS) is 19.0. The molecule has 0 bridgehead atoms. The van der Waals surface area contributed by atoms with Crippen molar-refractivity contribution in [3.63, 3.8) is 0 Å². The molecule has 0 radical (unpaired) electrons. The molecule has 1 atom stereocenters. The average molecular weight is 399 g/mol. The molecule has 1 fully saturated rings. The Bertz CT molecular complexity index is 847. The van der Waals surface area contributed by atoms with Crippen molar-refractivity contribution in [2.75, 3.05) is 26.7 Å². The predicted octanol–water partition coefficient (Wildman–Crippen LogP) is 2.03. The van der Waals surface area contributed by atoms with Crippen molar-refractivity contribution in [2.45, 2.75) is 51.4 Å². The number of aromatic nitrogens is 3. The largest absolute Gasteiger partial charge is 0.505 e. The van der Waals surface area contributed by atoms with E-state index < -0.39 is 0 Å². The summed E-state index contributed by atoms with van der Waals surface area (Å²) in [5.41, 5.74) is 2.14. The van der Waals surface area contributed by atoms with Crippen LogP contribution in [0.25, 0.3) is 0 Å². The molecule has 2 aromatic rings. The van der Waals surface area contributed by atoms with Gasteiger partial charge in [0.05, 0.1) is 30.6 Å². The van der Waals surface area contributed by atoms with E-state index in [9.17, 15) is 9.90 Å². The van der Waals surface area contributed by atoms with Crippen molar-refractivity contribution in [2.24, 2.45) is 0 Å². The lowest BCUT2D eigenvalue weighted by Gasteiger charge is -2.27. The van der Waals surface area contributed by atoms with Crippen LogP contribution in [0.4, 0.5) is 0 Å². The zero-order chi connectivity index (χ0) is 20.2. The van der Waals surface area contributed by atoms with Crippen molar-refractivity contribution < 1.29 is 14.6 Å². The van der Waals surface area contributed by atoms with Crippen LogP contribution in [0.2, 0.25) is 0 Å². The minimum Gasteiger partial charge on any atom is -0.505 e. The van der Waals surface area contributed by atoms with Crippen molar-refractivity contribution in [1.82, 2.24) is 24.6 Å². The molecule has 2 aromatic heterocycles. The summed E-state index contributed by atoms with van der Waals surface area (Å²) in [6.45, 7) is 4.41. The van der Waals surface area contributed by atoms with Gasteiger partial charge in [0.2, 0.25) is 0 Å². The number of pyridine rings is 1. The van der Waals surface area contributed by atoms with E-state index in [0.717, 1.165) is 43.9 Å². The standard InChI is InChI=1S/C21H29N5O3/c1-24(9-3-5-18-6-4-12-29-18)14-16-13-17-15-25(10-11-26(17)23-16)21(28)20-19(27)7-2-8-22-20/h2,7-8,13,18,27H,3-6,9-12,14-15H2,1H3/t18-/m0/s1. The second-order valence-electron chi connectivity index (χ2n) is 7.96. The molecular formula is C21H29N5O3. The minimum absolute atomic E-state index is 0.0816. The van der Waals surface area contributed by atoms with Gasteiger partial charge in [-0.15, -0.1) is 0 Å². The fourth-order valence-electron chi connectivity index (χ4n) is 4.10. The lowest BCUT2D eigenvalue weighted by Crippen LogP contribution is -2.38. The van der Waals surface area contributed by atoms with Gasteiger partial charge in [0.1, 0.15) is 5.75 Å². The van der Waals surface area contributed by atoms with Gasteiger partial charge in [0.25, 0.3) is 5.91 Å². The Morgan fingerprint density at radius 2 is 2.31 bits per heavy atom. The molecule has 2 aliphatic rings. The maximum absolute atomic E-state index is 12.7. The Morgan fingerprint density at radius 3 is 3.10 bits per heavy atom. The monoisotopic (exact) mass is 399 g/mol. The zero-order valence-corrected chi connectivity index (χ0v) is 17.0. The Hall–Kier alpha value is -2.45. The summed E-state index contributed by atoms with van der Waals surface area (Å²) in [6, 6.07) is 5.18. The minimum atomic E-state index is -0.247. The van der Waals surface area contributed by atoms with E-state index in [1.807, 2.05) is 4.68 Å². The molecule has 0 aromatic carbocycles. The summed E-state index contributed by atoms with van der Waals surface area (Å²) in [5.74, 6) is -0.328. The molecule has 2 aliphatic heterocycles. The second-order valence-corrected chi connectivity index (χ2v) is 7.96. The highest BCUT2D eigenvalue weighted by atomic mass is 16.5. The number of amides is 1. The van der Waals surface area contributed by atoms with Gasteiger partial charge < -0.3 is 19.6 Å². The van der Waals surface area contributed by atoms with Crippen molar-refractivity contribution in [3.05, 3.63) is 41.5 Å². The van der Waals surface area contributed by atoms with E-state index in [1.54, 1.807) is 11.0 Å². The van der Waals surface area contributed by atoms with Crippen molar-refractivity contribution in [1.29, 1.82) is 0 Å². The fourth-order valence-corrected chi connectivity index (χ4v) is 4.10. The van der Waals surface area contributed by atoms with Crippen LogP contribution in [0.15, 0.2) is 24.4 Å². The average Bonchev–Trinajstić information content (AvgIpc) is 3.36. The highest BCUT2D eigenvalue weighted by Gasteiger charge is 2.26. The topological polar surface area (TPSA) is 83.7 Å². The van der Waals surface area contributed by atoms with Crippen LogP contribution in [0, 0.1) is 0 Å². The number of nitrogens with zero attached hydrogens (tertiary/aromatic N) is 5. The first-order valence-corrected chi connectivity index (χ1v) is 10.4. The van der Waals surface area contributed by atoms with E-state index in [4.69, 9.17) is 9.84 Å². The maximum Gasteiger partial charge on any atom is 0.276 e. The fraction of sp³-hybridized carbons (Fsp3) is 0.571. The quantitative estimate of drug-likeness (QED) is 0.767. The number of rotatable bonds is 7. The van der Waals surface area contributed by atoms with Gasteiger partial charge in [-0.2, -0.15) is 5.10 Å². The van der Waals surface area contributed by atoms with Gasteiger partial charge in [-0.1, -0.05) is 0 Å². The molecule has 1 saturated heterocycles. The molecule has 0 saturated carbocycles. The molecule has 0 aliphatic carbocycles. The van der Waals surface area contributed by atoms with Crippen LogP contribution in [0.3, 0.4) is 0 Å². The number of carbonyl (C=O) groups excluding carboxylic acids is 1. The van der Waals surface area contributed by atoms with E-state index in [-0.39, 0.29) is 17.4 Å². The molecular weight excluding hydrogens is 370 g/mol. The third-order valence-electron chi connectivity index (χ3n) is 5.65. The van der Waals surface area contributed by atoms with E-state index in [1.165, 1.54) is 25.1 Å².